The van der Waals surface area contributed by atoms with Crippen LogP contribution in [0.3, 0.4) is 0 Å². The molecule has 1 heterocycles. The number of rotatable bonds is 1. The third-order valence-electron chi connectivity index (χ3n) is 2.40. The quantitative estimate of drug-likeness (QED) is 0.534. The van der Waals surface area contributed by atoms with Gasteiger partial charge in [-0.15, -0.1) is 4.39 Å². The van der Waals surface area contributed by atoms with Gasteiger partial charge in [-0.05, 0) is 12.5 Å². The summed E-state index contributed by atoms with van der Waals surface area (Å²) in [6, 6.07) is 6.34. The molecule has 0 bridgehead atoms. The Labute approximate surface area is 94.9 Å². The lowest BCUT2D eigenvalue weighted by molar-refractivity contribution is -0.866. The van der Waals surface area contributed by atoms with E-state index in [9.17, 15) is 17.7 Å². The Balaban J connectivity index is 2.64. The van der Waals surface area contributed by atoms with Gasteiger partial charge >= 0.3 is 5.95 Å². The summed E-state index contributed by atoms with van der Waals surface area (Å²) in [5, 5.41) is 0. The summed E-state index contributed by atoms with van der Waals surface area (Å²) >= 11 is 0. The minimum absolute atomic E-state index is 0.276. The normalized spacial score (nSPS) is 10.6. The van der Waals surface area contributed by atoms with Crippen LogP contribution in [0.5, 0.6) is 0 Å². The lowest BCUT2D eigenvalue weighted by atomic mass is 10.1. The van der Waals surface area contributed by atoms with E-state index in [0.29, 0.717) is 6.20 Å². The van der Waals surface area contributed by atoms with E-state index in [1.54, 1.807) is 12.1 Å². The third kappa shape index (κ3) is 2.00. The van der Waals surface area contributed by atoms with Crippen LogP contribution in [0.4, 0.5) is 17.7 Å². The Morgan fingerprint density at radius 2 is 1.53 bits per heavy atom. The van der Waals surface area contributed by atoms with Crippen molar-refractivity contribution in [2.24, 2.45) is 0 Å². The van der Waals surface area contributed by atoms with Crippen LogP contribution in [0.15, 0.2) is 30.5 Å². The third-order valence-corrected chi connectivity index (χ3v) is 2.40. The van der Waals surface area contributed by atoms with Gasteiger partial charge in [0.05, 0.1) is 14.8 Å². The molecule has 5 heteroatoms. The fraction of sp³-hybridized carbons (Fsp3) is 0.0833. The van der Waals surface area contributed by atoms with Crippen LogP contribution >= 0.6 is 0 Å². The first-order chi connectivity index (χ1) is 8.00. The summed E-state index contributed by atoms with van der Waals surface area (Å²) in [7, 11) is 0. The van der Waals surface area contributed by atoms with Crippen molar-refractivity contribution in [1.82, 2.24) is 0 Å². The predicted octanol–water partition coefficient (Wildman–Crippen LogP) is 3.10. The zero-order valence-electron chi connectivity index (χ0n) is 8.85. The monoisotopic (exact) mass is 242 g/mol. The molecule has 2 aromatic rings. The van der Waals surface area contributed by atoms with Gasteiger partial charge in [-0.3, -0.25) is 0 Å². The van der Waals surface area contributed by atoms with Gasteiger partial charge < -0.3 is 0 Å². The molecule has 0 radical (unpaired) electrons. The minimum Gasteiger partial charge on any atom is -0.202 e. The topological polar surface area (TPSA) is 3.88 Å². The molecular weight excluding hydrogens is 234 g/mol. The van der Waals surface area contributed by atoms with E-state index >= 15 is 0 Å². The van der Waals surface area contributed by atoms with Crippen LogP contribution in [0, 0.1) is 24.5 Å². The zero-order valence-corrected chi connectivity index (χ0v) is 8.85. The van der Waals surface area contributed by atoms with Crippen LogP contribution in [0.25, 0.3) is 11.1 Å². The van der Waals surface area contributed by atoms with Crippen molar-refractivity contribution >= 4 is 0 Å². The highest BCUT2D eigenvalue weighted by atomic mass is 19.2. The summed E-state index contributed by atoms with van der Waals surface area (Å²) in [6.07, 6.45) is 0.568. The van der Waals surface area contributed by atoms with Crippen molar-refractivity contribution in [3.63, 3.8) is 0 Å². The van der Waals surface area contributed by atoms with E-state index in [1.807, 2.05) is 6.92 Å². The molecule has 0 N–H and O–H groups in total. The van der Waals surface area contributed by atoms with Gasteiger partial charge in [-0.25, -0.2) is 4.39 Å². The number of hydrogen-bond acceptors (Lipinski definition) is 0. The summed E-state index contributed by atoms with van der Waals surface area (Å²) in [4.78, 5) is -0.576. The van der Waals surface area contributed by atoms with Gasteiger partial charge in [0.2, 0.25) is 6.20 Å². The van der Waals surface area contributed by atoms with Crippen LogP contribution in [0.1, 0.15) is 5.56 Å². The van der Waals surface area contributed by atoms with Gasteiger partial charge in [0.25, 0.3) is 5.82 Å². The van der Waals surface area contributed by atoms with E-state index in [0.717, 1.165) is 5.56 Å². The maximum Gasteiger partial charge on any atom is 0.444 e. The number of aryl methyl sites for hydroxylation is 1. The number of benzene rings is 1. The first-order valence-electron chi connectivity index (χ1n) is 4.83. The van der Waals surface area contributed by atoms with Crippen LogP contribution < -0.4 is 4.79 Å². The average Bonchev–Trinajstić information content (AvgIpc) is 2.32. The molecule has 0 aliphatic carbocycles. The van der Waals surface area contributed by atoms with Crippen molar-refractivity contribution < 1.29 is 22.4 Å². The first kappa shape index (κ1) is 11.6. The van der Waals surface area contributed by atoms with Crippen molar-refractivity contribution in [3.05, 3.63) is 53.6 Å². The molecule has 1 aromatic carbocycles. The van der Waals surface area contributed by atoms with Crippen molar-refractivity contribution in [3.8, 4) is 11.1 Å². The summed E-state index contributed by atoms with van der Waals surface area (Å²) in [5.74, 6) is -5.11. The molecule has 0 saturated heterocycles. The second-order valence-corrected chi connectivity index (χ2v) is 3.64. The van der Waals surface area contributed by atoms with Gasteiger partial charge in [-0.1, -0.05) is 29.8 Å². The maximum absolute atomic E-state index is 13.4. The molecule has 0 unspecified atom stereocenters. The number of hydrogen-bond donors (Lipinski definition) is 0. The lowest BCUT2D eigenvalue weighted by Crippen LogP contribution is -2.30. The van der Waals surface area contributed by atoms with Gasteiger partial charge in [-0.2, -0.15) is 4.39 Å². The second-order valence-electron chi connectivity index (χ2n) is 3.64. The van der Waals surface area contributed by atoms with Gasteiger partial charge in [0.1, 0.15) is 0 Å². The second kappa shape index (κ2) is 4.16. The highest BCUT2D eigenvalue weighted by molar-refractivity contribution is 5.62. The number of nitrogens with zero attached hydrogens (tertiary/aromatic N) is 1. The molecule has 0 aliphatic heterocycles. The molecule has 0 fully saturated rings. The van der Waals surface area contributed by atoms with Crippen LogP contribution in [-0.2, 0) is 0 Å². The highest BCUT2D eigenvalue weighted by Crippen LogP contribution is 2.24. The molecule has 17 heavy (non-hydrogen) atoms. The van der Waals surface area contributed by atoms with Gasteiger partial charge in [0, 0.05) is 0 Å². The largest absolute Gasteiger partial charge is 0.444 e. The Hall–Kier alpha value is -1.91. The van der Waals surface area contributed by atoms with Crippen molar-refractivity contribution in [2.75, 3.05) is 0 Å². The highest BCUT2D eigenvalue weighted by Gasteiger charge is 2.27. The van der Waals surface area contributed by atoms with Crippen molar-refractivity contribution in [1.29, 1.82) is 0 Å². The van der Waals surface area contributed by atoms with E-state index in [-0.39, 0.29) is 11.1 Å². The number of pyridine rings is 1. The fourth-order valence-electron chi connectivity index (χ4n) is 1.46. The summed E-state index contributed by atoms with van der Waals surface area (Å²) < 4.78 is 52.1. The molecule has 1 aromatic heterocycles. The zero-order chi connectivity index (χ0) is 12.6. The lowest BCUT2D eigenvalue weighted by Gasteiger charge is -2.01. The Bertz CT molecular complexity index is 564. The summed E-state index contributed by atoms with van der Waals surface area (Å²) in [6.45, 7) is 1.82. The van der Waals surface area contributed by atoms with Crippen LogP contribution in [0.2, 0.25) is 0 Å². The van der Waals surface area contributed by atoms with Crippen LogP contribution in [-0.4, -0.2) is 0 Å². The number of halogens is 4. The standard InChI is InChI=1S/C12H8F4N/c1-7-2-4-8(5-3-7)9-6-17(16)12(15)11(14)10(9)13/h2-6H,1H3/q+1. The Morgan fingerprint density at radius 1 is 0.941 bits per heavy atom. The average molecular weight is 242 g/mol. The molecule has 0 saturated carbocycles. The minimum atomic E-state index is -1.88. The maximum atomic E-state index is 13.4. The van der Waals surface area contributed by atoms with E-state index in [1.165, 1.54) is 12.1 Å². The number of aromatic nitrogens is 1. The SMILES string of the molecule is Cc1ccc(-c2c[n+](F)c(F)c(F)c2F)cc1. The molecular formula is C12H8F4N+. The van der Waals surface area contributed by atoms with Gasteiger partial charge in [0.15, 0.2) is 5.82 Å². The molecule has 0 spiro atoms. The molecule has 0 amide bonds. The molecule has 88 valence electrons. The smallest absolute Gasteiger partial charge is 0.202 e. The summed E-state index contributed by atoms with van der Waals surface area (Å²) in [5.41, 5.74) is 0.870. The van der Waals surface area contributed by atoms with Crippen molar-refractivity contribution in [2.45, 2.75) is 6.92 Å². The Kier molecular flexibility index (Phi) is 2.83. The molecule has 0 aliphatic rings. The fourth-order valence-corrected chi connectivity index (χ4v) is 1.46. The Morgan fingerprint density at radius 3 is 2.12 bits per heavy atom. The molecule has 0 atom stereocenters. The molecule has 1 nitrogen and oxygen atoms in total. The molecule has 2 rings (SSSR count). The van der Waals surface area contributed by atoms with E-state index in [2.05, 4.69) is 0 Å². The van der Waals surface area contributed by atoms with E-state index < -0.39 is 22.4 Å². The predicted molar refractivity (Wildman–Crippen MR) is 53.2 cm³/mol. The van der Waals surface area contributed by atoms with E-state index in [4.69, 9.17) is 0 Å². The first-order valence-corrected chi connectivity index (χ1v) is 4.83.